The first kappa shape index (κ1) is 41.3. The van der Waals surface area contributed by atoms with Gasteiger partial charge < -0.3 is 9.84 Å². The summed E-state index contributed by atoms with van der Waals surface area (Å²) >= 11 is 0. The van der Waals surface area contributed by atoms with Crippen LogP contribution in [0.15, 0.2) is 12.2 Å². The molecule has 0 saturated heterocycles. The van der Waals surface area contributed by atoms with Gasteiger partial charge in [-0.05, 0) is 129 Å². The molecule has 3 nitrogen and oxygen atoms in total. The van der Waals surface area contributed by atoms with Gasteiger partial charge in [0.25, 0.3) is 0 Å². The minimum atomic E-state index is -0.574. The summed E-state index contributed by atoms with van der Waals surface area (Å²) in [7, 11) is 0. The molecule has 5 fully saturated rings. The first-order valence-corrected chi connectivity index (χ1v) is 22.7. The molecule has 5 aliphatic carbocycles. The van der Waals surface area contributed by atoms with E-state index in [0.717, 1.165) is 49.9 Å². The molecule has 0 aromatic rings. The van der Waals surface area contributed by atoms with Gasteiger partial charge in [-0.2, -0.15) is 0 Å². The van der Waals surface area contributed by atoms with Crippen molar-refractivity contribution in [1.29, 1.82) is 0 Å². The van der Waals surface area contributed by atoms with E-state index in [1.807, 2.05) is 0 Å². The molecule has 0 aromatic carbocycles. The number of hydrogen-bond acceptors (Lipinski definition) is 3. The van der Waals surface area contributed by atoms with E-state index < -0.39 is 6.10 Å². The molecule has 0 amide bonds. The average Bonchev–Trinajstić information content (AvgIpc) is 3.43. The Bertz CT molecular complexity index is 1160. The number of allylic oxidation sites excluding steroid dienone is 1. The molecule has 5 rings (SSSR count). The third-order valence-corrected chi connectivity index (χ3v) is 17.7. The Kier molecular flexibility index (Phi) is 13.7. The maximum Gasteiger partial charge on any atom is 0.308 e. The maximum absolute atomic E-state index is 13.3. The summed E-state index contributed by atoms with van der Waals surface area (Å²) in [5.74, 6) is 3.46. The molecular formula is C48H84O3. The predicted molar refractivity (Wildman–Crippen MR) is 215 cm³/mol. The normalized spacial score (nSPS) is 40.4. The molecule has 0 spiro atoms. The van der Waals surface area contributed by atoms with Crippen molar-refractivity contribution < 1.29 is 14.6 Å². The van der Waals surface area contributed by atoms with E-state index in [9.17, 15) is 9.90 Å². The highest BCUT2D eigenvalue weighted by molar-refractivity contribution is 5.70. The van der Waals surface area contributed by atoms with Gasteiger partial charge >= 0.3 is 5.97 Å². The van der Waals surface area contributed by atoms with Crippen molar-refractivity contribution in [3.8, 4) is 0 Å². The minimum absolute atomic E-state index is 0.0481. The minimum Gasteiger partial charge on any atom is -0.462 e. The van der Waals surface area contributed by atoms with Crippen LogP contribution < -0.4 is 0 Å². The van der Waals surface area contributed by atoms with Gasteiger partial charge in [-0.3, -0.25) is 4.79 Å². The summed E-state index contributed by atoms with van der Waals surface area (Å²) < 4.78 is 6.34. The highest BCUT2D eigenvalue weighted by Crippen LogP contribution is 2.77. The number of ether oxygens (including phenoxy) is 1. The molecule has 3 unspecified atom stereocenters. The van der Waals surface area contributed by atoms with Crippen LogP contribution >= 0.6 is 0 Å². The Balaban J connectivity index is 1.08. The van der Waals surface area contributed by atoms with Crippen molar-refractivity contribution in [2.45, 2.75) is 228 Å². The fraction of sp³-hybridized carbons (Fsp3) is 0.938. The highest BCUT2D eigenvalue weighted by Gasteiger charge is 2.70. The Morgan fingerprint density at radius 3 is 1.92 bits per heavy atom. The third kappa shape index (κ3) is 8.25. The second-order valence-electron chi connectivity index (χ2n) is 21.1. The van der Waals surface area contributed by atoms with Crippen LogP contribution in [0.1, 0.15) is 216 Å². The predicted octanol–water partition coefficient (Wildman–Crippen LogP) is 13.8. The van der Waals surface area contributed by atoms with Gasteiger partial charge in [0.15, 0.2) is 0 Å². The second-order valence-corrected chi connectivity index (χ2v) is 21.1. The molecule has 11 atom stereocenters. The smallest absolute Gasteiger partial charge is 0.308 e. The van der Waals surface area contributed by atoms with Crippen LogP contribution in [-0.4, -0.2) is 23.3 Å². The van der Waals surface area contributed by atoms with E-state index in [-0.39, 0.29) is 29.3 Å². The average molecular weight is 709 g/mol. The fourth-order valence-electron chi connectivity index (χ4n) is 14.6. The lowest BCUT2D eigenvalue weighted by molar-refractivity contribution is -0.249. The molecule has 0 radical (unpaired) electrons. The zero-order chi connectivity index (χ0) is 37.1. The Labute approximate surface area is 316 Å². The maximum atomic E-state index is 13.3. The first-order chi connectivity index (χ1) is 24.1. The lowest BCUT2D eigenvalue weighted by atomic mass is 9.32. The Hall–Kier alpha value is -0.830. The summed E-state index contributed by atoms with van der Waals surface area (Å²) in [4.78, 5) is 13.3. The lowest BCUT2D eigenvalue weighted by Gasteiger charge is -2.73. The van der Waals surface area contributed by atoms with Gasteiger partial charge in [0, 0.05) is 5.41 Å². The van der Waals surface area contributed by atoms with Crippen molar-refractivity contribution in [2.24, 2.45) is 56.7 Å². The van der Waals surface area contributed by atoms with E-state index in [0.29, 0.717) is 28.1 Å². The van der Waals surface area contributed by atoms with Crippen LogP contribution in [0.5, 0.6) is 0 Å². The van der Waals surface area contributed by atoms with Crippen molar-refractivity contribution in [1.82, 2.24) is 0 Å². The van der Waals surface area contributed by atoms with Gasteiger partial charge in [0.05, 0.1) is 12.5 Å². The highest BCUT2D eigenvalue weighted by atomic mass is 16.5. The second kappa shape index (κ2) is 16.9. The van der Waals surface area contributed by atoms with Crippen LogP contribution in [0.3, 0.4) is 0 Å². The number of carbonyl (C=O) groups is 1. The monoisotopic (exact) mass is 709 g/mol. The number of esters is 1. The molecular weight excluding hydrogens is 625 g/mol. The van der Waals surface area contributed by atoms with Crippen LogP contribution in [0, 0.1) is 56.7 Å². The fourth-order valence-corrected chi connectivity index (χ4v) is 14.6. The van der Waals surface area contributed by atoms with Gasteiger partial charge in [0.1, 0.15) is 6.10 Å². The number of rotatable bonds is 18. The number of fused-ring (bicyclic) bond motifs is 7. The molecule has 1 N–H and O–H groups in total. The lowest BCUT2D eigenvalue weighted by Crippen LogP contribution is -2.66. The van der Waals surface area contributed by atoms with Crippen LogP contribution in [0.25, 0.3) is 0 Å². The number of aliphatic hydroxyl groups excluding tert-OH is 1. The molecule has 0 bridgehead atoms. The zero-order valence-corrected chi connectivity index (χ0v) is 35.2. The molecule has 294 valence electrons. The van der Waals surface area contributed by atoms with Gasteiger partial charge in [-0.25, -0.2) is 0 Å². The molecule has 0 aromatic heterocycles. The van der Waals surface area contributed by atoms with Crippen LogP contribution in [-0.2, 0) is 9.53 Å². The summed E-state index contributed by atoms with van der Waals surface area (Å²) in [6.07, 6.45) is 30.4. The molecule has 5 aliphatic rings. The van der Waals surface area contributed by atoms with Crippen molar-refractivity contribution >= 4 is 5.97 Å². The van der Waals surface area contributed by atoms with E-state index in [2.05, 4.69) is 62.0 Å². The van der Waals surface area contributed by atoms with Crippen LogP contribution in [0.2, 0.25) is 0 Å². The molecule has 5 saturated carbocycles. The SMILES string of the molecule is C=C(C)C1CC[C@]2(C)CC[C@]3(C)[C@H](CC[C@H]4[C@@]5(C)CCC(OC(=O)CC(O)CCCCCCCCCCCCCCC)C(C)(C)[C@H]5CC[C@]43C)[C@H]12. The van der Waals surface area contributed by atoms with Gasteiger partial charge in [0.2, 0.25) is 0 Å². The molecule has 3 heteroatoms. The van der Waals surface area contributed by atoms with Crippen LogP contribution in [0.4, 0.5) is 0 Å². The summed E-state index contributed by atoms with van der Waals surface area (Å²) in [5, 5.41) is 10.8. The van der Waals surface area contributed by atoms with Crippen molar-refractivity contribution in [3.05, 3.63) is 12.2 Å². The van der Waals surface area contributed by atoms with Gasteiger partial charge in [-0.15, -0.1) is 0 Å². The zero-order valence-electron chi connectivity index (χ0n) is 35.2. The summed E-state index contributed by atoms with van der Waals surface area (Å²) in [6.45, 7) is 24.7. The molecule has 51 heavy (non-hydrogen) atoms. The molecule has 0 heterocycles. The number of carbonyl (C=O) groups excluding carboxylic acids is 1. The van der Waals surface area contributed by atoms with E-state index in [1.165, 1.54) is 128 Å². The standard InChI is InChI=1S/C48H84O3/c1-10-11-12-13-14-15-16-17-18-19-20-21-22-23-36(49)34-42(50)51-41-28-30-46(7)39(44(41,4)5)27-31-48(9)40(46)25-24-38-43-37(35(2)3)26-29-45(43,6)32-33-47(38,48)8/h36-41,43,49H,2,10-34H2,1,3-9H3/t36?,37?,38-,39-,40+,41?,43+,45-,46+,47-,48-/m1/s1. The third-order valence-electron chi connectivity index (χ3n) is 17.7. The van der Waals surface area contributed by atoms with E-state index >= 15 is 0 Å². The van der Waals surface area contributed by atoms with Gasteiger partial charge in [-0.1, -0.05) is 144 Å². The number of unbranched alkanes of at least 4 members (excludes halogenated alkanes) is 12. The van der Waals surface area contributed by atoms with Crippen molar-refractivity contribution in [3.63, 3.8) is 0 Å². The summed E-state index contributed by atoms with van der Waals surface area (Å²) in [5.41, 5.74) is 2.93. The van der Waals surface area contributed by atoms with E-state index in [4.69, 9.17) is 4.74 Å². The number of hydrogen-bond donors (Lipinski definition) is 1. The summed E-state index contributed by atoms with van der Waals surface area (Å²) in [6, 6.07) is 0. The molecule has 0 aliphatic heterocycles. The first-order valence-electron chi connectivity index (χ1n) is 22.7. The largest absolute Gasteiger partial charge is 0.462 e. The van der Waals surface area contributed by atoms with E-state index in [1.54, 1.807) is 0 Å². The topological polar surface area (TPSA) is 46.5 Å². The number of aliphatic hydroxyl groups is 1. The quantitative estimate of drug-likeness (QED) is 0.0876. The van der Waals surface area contributed by atoms with Crippen molar-refractivity contribution in [2.75, 3.05) is 0 Å². The Morgan fingerprint density at radius 1 is 0.706 bits per heavy atom. The Morgan fingerprint density at radius 2 is 1.31 bits per heavy atom.